The van der Waals surface area contributed by atoms with E-state index in [1.165, 1.54) is 0 Å². The maximum absolute atomic E-state index is 8.55. The Morgan fingerprint density at radius 1 is 1.41 bits per heavy atom. The predicted octanol–water partition coefficient (Wildman–Crippen LogP) is -0.146. The van der Waals surface area contributed by atoms with E-state index in [4.69, 9.17) is 9.84 Å². The van der Waals surface area contributed by atoms with Gasteiger partial charge in [0, 0.05) is 18.9 Å². The Balaban J connectivity index is 1.99. The summed E-state index contributed by atoms with van der Waals surface area (Å²) in [5.74, 6) is 1.50. The van der Waals surface area contributed by atoms with Gasteiger partial charge >= 0.3 is 0 Å². The van der Waals surface area contributed by atoms with Crippen molar-refractivity contribution in [3.63, 3.8) is 0 Å². The van der Waals surface area contributed by atoms with Gasteiger partial charge in [-0.05, 0) is 6.92 Å². The third-order valence-corrected chi connectivity index (χ3v) is 2.27. The van der Waals surface area contributed by atoms with E-state index in [0.29, 0.717) is 31.2 Å². The topological polar surface area (TPSA) is 84.6 Å². The average Bonchev–Trinajstić information content (AvgIpc) is 2.72. The van der Waals surface area contributed by atoms with Crippen LogP contribution >= 0.6 is 0 Å². The molecule has 0 saturated heterocycles. The van der Waals surface area contributed by atoms with Crippen LogP contribution in [0.4, 0.5) is 5.82 Å². The van der Waals surface area contributed by atoms with Gasteiger partial charge in [-0.1, -0.05) is 0 Å². The van der Waals surface area contributed by atoms with Crippen LogP contribution in [0.3, 0.4) is 0 Å². The molecule has 2 N–H and O–H groups in total. The van der Waals surface area contributed by atoms with Crippen molar-refractivity contribution in [1.29, 1.82) is 0 Å². The Morgan fingerprint density at radius 2 is 2.29 bits per heavy atom. The van der Waals surface area contributed by atoms with Crippen LogP contribution in [0.1, 0.15) is 5.82 Å². The number of aromatic nitrogens is 4. The van der Waals surface area contributed by atoms with Gasteiger partial charge in [-0.25, -0.2) is 4.98 Å². The van der Waals surface area contributed by atoms with Crippen LogP contribution in [0.5, 0.6) is 0 Å². The third kappa shape index (κ3) is 2.69. The molecule has 2 aromatic rings. The van der Waals surface area contributed by atoms with Crippen LogP contribution in [0.15, 0.2) is 12.4 Å². The van der Waals surface area contributed by atoms with Crippen molar-refractivity contribution in [1.82, 2.24) is 19.6 Å². The molecule has 7 heteroatoms. The molecule has 0 fully saturated rings. The maximum atomic E-state index is 8.55. The van der Waals surface area contributed by atoms with Crippen LogP contribution in [-0.4, -0.2) is 51.1 Å². The van der Waals surface area contributed by atoms with Crippen LogP contribution in [0, 0.1) is 6.92 Å². The molecule has 0 aliphatic rings. The van der Waals surface area contributed by atoms with Crippen LogP contribution in [-0.2, 0) is 4.74 Å². The Bertz CT molecular complexity index is 485. The first-order valence-corrected chi connectivity index (χ1v) is 5.41. The van der Waals surface area contributed by atoms with Crippen molar-refractivity contribution in [3.05, 3.63) is 18.2 Å². The number of fused-ring (bicyclic) bond motifs is 1. The molecule has 2 rings (SSSR count). The zero-order chi connectivity index (χ0) is 12.1. The van der Waals surface area contributed by atoms with Crippen molar-refractivity contribution < 1.29 is 9.84 Å². The molecule has 2 aromatic heterocycles. The van der Waals surface area contributed by atoms with Crippen molar-refractivity contribution in [2.75, 3.05) is 31.7 Å². The van der Waals surface area contributed by atoms with Crippen molar-refractivity contribution in [2.24, 2.45) is 0 Å². The number of nitrogens with zero attached hydrogens (tertiary/aromatic N) is 4. The van der Waals surface area contributed by atoms with E-state index >= 15 is 0 Å². The van der Waals surface area contributed by atoms with E-state index in [2.05, 4.69) is 20.5 Å². The number of hydrogen-bond acceptors (Lipinski definition) is 6. The first kappa shape index (κ1) is 11.7. The van der Waals surface area contributed by atoms with Gasteiger partial charge in [-0.3, -0.25) is 4.40 Å². The van der Waals surface area contributed by atoms with Crippen LogP contribution in [0.2, 0.25) is 0 Å². The smallest absolute Gasteiger partial charge is 0.203 e. The average molecular weight is 237 g/mol. The van der Waals surface area contributed by atoms with E-state index < -0.39 is 0 Å². The van der Waals surface area contributed by atoms with Crippen molar-refractivity contribution >= 4 is 11.5 Å². The monoisotopic (exact) mass is 237 g/mol. The molecule has 92 valence electrons. The van der Waals surface area contributed by atoms with Crippen molar-refractivity contribution in [2.45, 2.75) is 6.92 Å². The molecule has 0 atom stereocenters. The van der Waals surface area contributed by atoms with E-state index in [9.17, 15) is 0 Å². The van der Waals surface area contributed by atoms with Gasteiger partial charge in [0.2, 0.25) is 5.65 Å². The Morgan fingerprint density at radius 3 is 3.12 bits per heavy atom. The second-order valence-electron chi connectivity index (χ2n) is 3.48. The highest BCUT2D eigenvalue weighted by Gasteiger charge is 2.06. The zero-order valence-electron chi connectivity index (χ0n) is 9.63. The Kier molecular flexibility index (Phi) is 3.84. The molecular formula is C10H15N5O2. The molecular weight excluding hydrogens is 222 g/mol. The summed E-state index contributed by atoms with van der Waals surface area (Å²) in [6, 6.07) is 0. The summed E-state index contributed by atoms with van der Waals surface area (Å²) >= 11 is 0. The lowest BCUT2D eigenvalue weighted by atomic mass is 10.5. The molecule has 0 unspecified atom stereocenters. The summed E-state index contributed by atoms with van der Waals surface area (Å²) in [4.78, 5) is 4.20. The molecule has 0 saturated carbocycles. The summed E-state index contributed by atoms with van der Waals surface area (Å²) in [5.41, 5.74) is 0.701. The van der Waals surface area contributed by atoms with E-state index in [1.54, 1.807) is 6.20 Å². The number of hydrogen-bond donors (Lipinski definition) is 2. The molecule has 0 aliphatic heterocycles. The van der Waals surface area contributed by atoms with Gasteiger partial charge in [-0.2, -0.15) is 0 Å². The van der Waals surface area contributed by atoms with Gasteiger partial charge in [0.1, 0.15) is 5.82 Å². The fourth-order valence-corrected chi connectivity index (χ4v) is 1.47. The second-order valence-corrected chi connectivity index (χ2v) is 3.48. The van der Waals surface area contributed by atoms with Gasteiger partial charge in [0.05, 0.1) is 19.8 Å². The number of rotatable bonds is 6. The molecule has 0 radical (unpaired) electrons. The number of aliphatic hydroxyl groups is 1. The van der Waals surface area contributed by atoms with E-state index in [0.717, 1.165) is 5.82 Å². The minimum absolute atomic E-state index is 0.0389. The van der Waals surface area contributed by atoms with E-state index in [-0.39, 0.29) is 6.61 Å². The highest BCUT2D eigenvalue weighted by molar-refractivity contribution is 5.61. The number of aliphatic hydroxyl groups excluding tert-OH is 1. The minimum Gasteiger partial charge on any atom is -0.394 e. The Labute approximate surface area is 98.5 Å². The Hall–Kier alpha value is -1.73. The summed E-state index contributed by atoms with van der Waals surface area (Å²) < 4.78 is 7.00. The molecule has 0 aromatic carbocycles. The SMILES string of the molecule is Cc1nnc2c(NCCOCCO)nccn12. The lowest BCUT2D eigenvalue weighted by molar-refractivity contribution is 0.0992. The van der Waals surface area contributed by atoms with Crippen LogP contribution < -0.4 is 5.32 Å². The molecule has 7 nitrogen and oxygen atoms in total. The number of ether oxygens (including phenoxy) is 1. The predicted molar refractivity (Wildman–Crippen MR) is 61.9 cm³/mol. The van der Waals surface area contributed by atoms with Gasteiger partial charge < -0.3 is 15.2 Å². The molecule has 2 heterocycles. The molecule has 0 aliphatic carbocycles. The fourth-order valence-electron chi connectivity index (χ4n) is 1.47. The fraction of sp³-hybridized carbons (Fsp3) is 0.500. The number of aryl methyl sites for hydroxylation is 1. The largest absolute Gasteiger partial charge is 0.394 e. The number of nitrogens with one attached hydrogen (secondary N) is 1. The highest BCUT2D eigenvalue weighted by Crippen LogP contribution is 2.11. The quantitative estimate of drug-likeness (QED) is 0.680. The highest BCUT2D eigenvalue weighted by atomic mass is 16.5. The second kappa shape index (κ2) is 5.55. The molecule has 0 bridgehead atoms. The molecule has 17 heavy (non-hydrogen) atoms. The van der Waals surface area contributed by atoms with Gasteiger partial charge in [0.25, 0.3) is 0 Å². The summed E-state index contributed by atoms with van der Waals surface area (Å²) in [6.07, 6.45) is 3.51. The van der Waals surface area contributed by atoms with Gasteiger partial charge in [-0.15, -0.1) is 10.2 Å². The first-order valence-electron chi connectivity index (χ1n) is 5.41. The normalized spacial score (nSPS) is 10.9. The lowest BCUT2D eigenvalue weighted by Crippen LogP contribution is -2.12. The molecule has 0 amide bonds. The molecule has 0 spiro atoms. The van der Waals surface area contributed by atoms with Gasteiger partial charge in [0.15, 0.2) is 5.82 Å². The van der Waals surface area contributed by atoms with Crippen LogP contribution in [0.25, 0.3) is 5.65 Å². The summed E-state index contributed by atoms with van der Waals surface area (Å²) in [6.45, 7) is 3.39. The first-order chi connectivity index (χ1) is 8.33. The number of anilines is 1. The zero-order valence-corrected chi connectivity index (χ0v) is 9.63. The summed E-state index contributed by atoms with van der Waals surface area (Å²) in [5, 5.41) is 19.7. The third-order valence-electron chi connectivity index (χ3n) is 2.27. The van der Waals surface area contributed by atoms with Crippen molar-refractivity contribution in [3.8, 4) is 0 Å². The minimum atomic E-state index is 0.0389. The maximum Gasteiger partial charge on any atom is 0.203 e. The lowest BCUT2D eigenvalue weighted by Gasteiger charge is -2.06. The van der Waals surface area contributed by atoms with E-state index in [1.807, 2.05) is 17.5 Å². The summed E-state index contributed by atoms with van der Waals surface area (Å²) in [7, 11) is 0. The standard InChI is InChI=1S/C10H15N5O2/c1-8-13-14-10-9(11-2-4-15(8)10)12-3-6-17-7-5-16/h2,4,16H,3,5-7H2,1H3,(H,11,12).